The number of benzene rings is 3. The van der Waals surface area contributed by atoms with Gasteiger partial charge >= 0.3 is 12.1 Å². The number of aliphatic hydroxyl groups is 2. The Labute approximate surface area is 306 Å². The van der Waals surface area contributed by atoms with E-state index in [1.807, 2.05) is 60.7 Å². The molecule has 6 rings (SSSR count). The highest BCUT2D eigenvalue weighted by atomic mass is 19.1. The summed E-state index contributed by atoms with van der Waals surface area (Å²) in [6, 6.07) is 20.2. The maximum Gasteiger partial charge on any atom is 0.410 e. The molecular weight excluding hydrogens is 691 g/mol. The number of aliphatic hydroxyl groups excluding tert-OH is 2. The SMILES string of the molecule is O=C(OCc1ccccc1)N1CC(F)C(CN(C(=O)NCC(O)CO)C(c2nc(-c3cc(F)ccc3F)cn2Cc2ccccc2)C2CCOCC2)C1. The van der Waals surface area contributed by atoms with Gasteiger partial charge in [-0.1, -0.05) is 60.7 Å². The van der Waals surface area contributed by atoms with Crippen LogP contribution in [0.4, 0.5) is 22.8 Å². The quantitative estimate of drug-likeness (QED) is 0.170. The Hall–Kier alpha value is -4.92. The first-order chi connectivity index (χ1) is 25.7. The molecule has 282 valence electrons. The van der Waals surface area contributed by atoms with Crippen LogP contribution in [0.15, 0.2) is 85.1 Å². The number of rotatable bonds is 13. The number of carbonyl (C=O) groups excluding carboxylic acids is 2. The van der Waals surface area contributed by atoms with Gasteiger partial charge in [-0.25, -0.2) is 27.7 Å². The van der Waals surface area contributed by atoms with Crippen LogP contribution < -0.4 is 5.32 Å². The van der Waals surface area contributed by atoms with Crippen molar-refractivity contribution in [1.29, 1.82) is 0 Å². The van der Waals surface area contributed by atoms with Crippen molar-refractivity contribution in [3.63, 3.8) is 0 Å². The third-order valence-electron chi connectivity index (χ3n) is 9.74. The van der Waals surface area contributed by atoms with Gasteiger partial charge < -0.3 is 39.4 Å². The lowest BCUT2D eigenvalue weighted by atomic mass is 9.89. The number of hydrogen-bond acceptors (Lipinski definition) is 7. The zero-order valence-corrected chi connectivity index (χ0v) is 29.2. The Morgan fingerprint density at radius 3 is 2.40 bits per heavy atom. The van der Waals surface area contributed by atoms with Crippen LogP contribution in [0.1, 0.15) is 35.8 Å². The molecule has 2 saturated heterocycles. The molecule has 4 unspecified atom stereocenters. The van der Waals surface area contributed by atoms with Crippen LogP contribution in [0.5, 0.6) is 0 Å². The van der Waals surface area contributed by atoms with Crippen LogP contribution in [0, 0.1) is 23.5 Å². The number of carbonyl (C=O) groups is 2. The Bertz CT molecular complexity index is 1810. The van der Waals surface area contributed by atoms with Crippen LogP contribution >= 0.6 is 0 Å². The number of urea groups is 1. The predicted octanol–water partition coefficient (Wildman–Crippen LogP) is 5.32. The van der Waals surface area contributed by atoms with E-state index in [1.54, 1.807) is 10.8 Å². The third-order valence-corrected chi connectivity index (χ3v) is 9.74. The molecule has 1 aromatic heterocycles. The molecular formula is C39H44F3N5O6. The summed E-state index contributed by atoms with van der Waals surface area (Å²) >= 11 is 0. The van der Waals surface area contributed by atoms with E-state index in [2.05, 4.69) is 5.32 Å². The molecule has 4 atom stereocenters. The molecule has 14 heteroatoms. The number of nitrogens with one attached hydrogen (secondary N) is 1. The van der Waals surface area contributed by atoms with Crippen molar-refractivity contribution in [2.24, 2.45) is 11.8 Å². The van der Waals surface area contributed by atoms with E-state index in [4.69, 9.17) is 14.5 Å². The van der Waals surface area contributed by atoms with Gasteiger partial charge in [0.05, 0.1) is 31.0 Å². The maximum absolute atomic E-state index is 15.9. The number of aromatic nitrogens is 2. The van der Waals surface area contributed by atoms with Crippen LogP contribution in [0.25, 0.3) is 11.3 Å². The van der Waals surface area contributed by atoms with Gasteiger partial charge in [-0.3, -0.25) is 0 Å². The van der Waals surface area contributed by atoms with Crippen molar-refractivity contribution in [3.05, 3.63) is 114 Å². The lowest BCUT2D eigenvalue weighted by Gasteiger charge is -2.40. The van der Waals surface area contributed by atoms with Gasteiger partial charge in [-0.15, -0.1) is 0 Å². The molecule has 3 amide bonds. The summed E-state index contributed by atoms with van der Waals surface area (Å²) in [6.07, 6.45) is -0.790. The van der Waals surface area contributed by atoms with Gasteiger partial charge in [-0.05, 0) is 48.1 Å². The van der Waals surface area contributed by atoms with Crippen molar-refractivity contribution in [3.8, 4) is 11.3 Å². The molecule has 2 aliphatic rings. The fraction of sp³-hybridized carbons (Fsp3) is 0.410. The van der Waals surface area contributed by atoms with E-state index in [1.165, 1.54) is 9.80 Å². The van der Waals surface area contributed by atoms with Gasteiger partial charge in [0.2, 0.25) is 0 Å². The lowest BCUT2D eigenvalue weighted by molar-refractivity contribution is 0.0247. The van der Waals surface area contributed by atoms with Crippen LogP contribution in [0.2, 0.25) is 0 Å². The number of ether oxygens (including phenoxy) is 2. The van der Waals surface area contributed by atoms with Crippen LogP contribution in [0.3, 0.4) is 0 Å². The van der Waals surface area contributed by atoms with E-state index in [-0.39, 0.29) is 56.5 Å². The van der Waals surface area contributed by atoms with Gasteiger partial charge in [0.15, 0.2) is 0 Å². The highest BCUT2D eigenvalue weighted by Gasteiger charge is 2.43. The van der Waals surface area contributed by atoms with Crippen molar-refractivity contribution >= 4 is 12.1 Å². The number of likely N-dealkylation sites (tertiary alicyclic amines) is 1. The molecule has 0 radical (unpaired) electrons. The average molecular weight is 736 g/mol. The first kappa shape index (κ1) is 37.8. The largest absolute Gasteiger partial charge is 0.445 e. The minimum atomic E-state index is -1.51. The Kier molecular flexibility index (Phi) is 12.7. The zero-order chi connectivity index (χ0) is 37.3. The Morgan fingerprint density at radius 1 is 1.00 bits per heavy atom. The lowest BCUT2D eigenvalue weighted by Crippen LogP contribution is -2.50. The number of amides is 3. The molecule has 11 nitrogen and oxygen atoms in total. The highest BCUT2D eigenvalue weighted by molar-refractivity contribution is 5.75. The molecule has 0 spiro atoms. The molecule has 3 N–H and O–H groups in total. The van der Waals surface area contributed by atoms with Crippen molar-refractivity contribution < 1.29 is 42.4 Å². The summed E-state index contributed by atoms with van der Waals surface area (Å²) in [7, 11) is 0. The smallest absolute Gasteiger partial charge is 0.410 e. The number of hydrogen-bond donors (Lipinski definition) is 3. The number of halogens is 3. The first-order valence-electron chi connectivity index (χ1n) is 17.8. The standard InChI is InChI=1S/C39H44F3N5O6/c40-30-11-12-33(41)32(17-30)35-23-45(19-26-7-3-1-4-8-26)37(44-35)36(28-13-15-52-16-14-28)47(38(50)43-18-31(49)24-48)21-29-20-46(22-34(29)42)39(51)53-25-27-9-5-2-6-10-27/h1-12,17,23,28-29,31,34,36,48-49H,13-16,18-22,24-25H2,(H,43,50). The first-order valence-corrected chi connectivity index (χ1v) is 17.8. The molecule has 0 aliphatic carbocycles. The number of imidazole rings is 1. The highest BCUT2D eigenvalue weighted by Crippen LogP contribution is 2.38. The second kappa shape index (κ2) is 17.7. The van der Waals surface area contributed by atoms with Gasteiger partial charge in [0.25, 0.3) is 0 Å². The number of nitrogens with zero attached hydrogens (tertiary/aromatic N) is 4. The van der Waals surface area contributed by atoms with Crippen molar-refractivity contribution in [1.82, 2.24) is 24.7 Å². The predicted molar refractivity (Wildman–Crippen MR) is 189 cm³/mol. The maximum atomic E-state index is 15.9. The van der Waals surface area contributed by atoms with E-state index in [0.29, 0.717) is 31.9 Å². The molecule has 3 aromatic carbocycles. The summed E-state index contributed by atoms with van der Waals surface area (Å²) in [4.78, 5) is 34.9. The normalized spacial score (nSPS) is 18.8. The minimum Gasteiger partial charge on any atom is -0.445 e. The molecule has 0 saturated carbocycles. The van der Waals surface area contributed by atoms with Crippen LogP contribution in [-0.2, 0) is 22.6 Å². The molecule has 2 fully saturated rings. The van der Waals surface area contributed by atoms with Crippen molar-refractivity contribution in [2.45, 2.75) is 44.3 Å². The van der Waals surface area contributed by atoms with E-state index in [0.717, 1.165) is 29.3 Å². The molecule has 3 heterocycles. The Balaban J connectivity index is 1.37. The summed E-state index contributed by atoms with van der Waals surface area (Å²) in [6.45, 7) is -0.231. The monoisotopic (exact) mass is 735 g/mol. The third kappa shape index (κ3) is 9.55. The fourth-order valence-electron chi connectivity index (χ4n) is 6.94. The zero-order valence-electron chi connectivity index (χ0n) is 29.2. The Morgan fingerprint density at radius 2 is 1.70 bits per heavy atom. The molecule has 0 bridgehead atoms. The summed E-state index contributed by atoms with van der Waals surface area (Å²) in [5.41, 5.74) is 1.76. The van der Waals surface area contributed by atoms with E-state index < -0.39 is 54.6 Å². The van der Waals surface area contributed by atoms with Gasteiger partial charge in [-0.2, -0.15) is 0 Å². The minimum absolute atomic E-state index is 0.0175. The summed E-state index contributed by atoms with van der Waals surface area (Å²) in [5.74, 6) is -2.04. The fourth-order valence-corrected chi connectivity index (χ4v) is 6.94. The molecule has 2 aliphatic heterocycles. The average Bonchev–Trinajstić information content (AvgIpc) is 3.77. The summed E-state index contributed by atoms with van der Waals surface area (Å²) < 4.78 is 58.5. The molecule has 53 heavy (non-hydrogen) atoms. The van der Waals surface area contributed by atoms with Crippen LogP contribution in [-0.4, -0.2) is 100.0 Å². The van der Waals surface area contributed by atoms with Crippen molar-refractivity contribution in [2.75, 3.05) is 46.0 Å². The van der Waals surface area contributed by atoms with E-state index in [9.17, 15) is 24.2 Å². The second-order valence-electron chi connectivity index (χ2n) is 13.5. The second-order valence-corrected chi connectivity index (χ2v) is 13.5. The van der Waals surface area contributed by atoms with E-state index >= 15 is 8.78 Å². The molecule has 4 aromatic rings. The van der Waals surface area contributed by atoms with Gasteiger partial charge in [0.1, 0.15) is 30.2 Å². The topological polar surface area (TPSA) is 129 Å². The van der Waals surface area contributed by atoms with Gasteiger partial charge in [0, 0.05) is 57.1 Å². The summed E-state index contributed by atoms with van der Waals surface area (Å²) in [5, 5.41) is 22.3. The number of alkyl halides is 1.